The minimum Gasteiger partial charge on any atom is -0.368 e. The van der Waals surface area contributed by atoms with Crippen molar-refractivity contribution in [3.8, 4) is 0 Å². The van der Waals surface area contributed by atoms with Gasteiger partial charge in [-0.3, -0.25) is 4.79 Å². The summed E-state index contributed by atoms with van der Waals surface area (Å²) in [7, 11) is 2.10. The van der Waals surface area contributed by atoms with Crippen LogP contribution in [0, 0.1) is 5.82 Å². The number of carbonyl (C=O) groups excluding carboxylic acids is 1. The molecular weight excluding hydrogens is 269 g/mol. The van der Waals surface area contributed by atoms with E-state index in [-0.39, 0.29) is 11.7 Å². The highest BCUT2D eigenvalue weighted by atomic mass is 19.1. The molecule has 1 amide bonds. The molecule has 5 heteroatoms. The van der Waals surface area contributed by atoms with Crippen LogP contribution in [-0.2, 0) is 4.79 Å². The van der Waals surface area contributed by atoms with E-state index in [1.165, 1.54) is 12.1 Å². The molecule has 0 saturated carbocycles. The number of hydrogen-bond acceptors (Lipinski definition) is 3. The number of carbonyl (C=O) groups is 1. The molecule has 0 bridgehead atoms. The highest BCUT2D eigenvalue weighted by Crippen LogP contribution is 2.26. The number of anilines is 1. The van der Waals surface area contributed by atoms with Crippen LogP contribution in [0.15, 0.2) is 23.8 Å². The SMILES string of the molecule is CN1CCN(c2ccc(F)cc2C=C2CCNC2=O)CC1. The zero-order valence-electron chi connectivity index (χ0n) is 12.2. The van der Waals surface area contributed by atoms with Crippen molar-refractivity contribution in [3.05, 3.63) is 35.2 Å². The Hall–Kier alpha value is -1.88. The molecule has 0 aromatic heterocycles. The van der Waals surface area contributed by atoms with Gasteiger partial charge in [-0.15, -0.1) is 0 Å². The molecule has 1 aromatic rings. The molecule has 112 valence electrons. The molecule has 0 atom stereocenters. The summed E-state index contributed by atoms with van der Waals surface area (Å²) in [5.74, 6) is -0.304. The van der Waals surface area contributed by atoms with Gasteiger partial charge in [-0.05, 0) is 37.7 Å². The summed E-state index contributed by atoms with van der Waals surface area (Å²) >= 11 is 0. The van der Waals surface area contributed by atoms with Crippen molar-refractivity contribution in [1.82, 2.24) is 10.2 Å². The third-order valence-corrected chi connectivity index (χ3v) is 4.13. The third-order valence-electron chi connectivity index (χ3n) is 4.13. The number of hydrogen-bond donors (Lipinski definition) is 1. The first-order chi connectivity index (χ1) is 10.1. The summed E-state index contributed by atoms with van der Waals surface area (Å²) in [6, 6.07) is 4.83. The van der Waals surface area contributed by atoms with Gasteiger partial charge in [-0.1, -0.05) is 0 Å². The van der Waals surface area contributed by atoms with E-state index in [0.717, 1.165) is 43.0 Å². The number of likely N-dealkylation sites (N-methyl/N-ethyl adjacent to an activating group) is 1. The number of nitrogens with zero attached hydrogens (tertiary/aromatic N) is 2. The number of rotatable bonds is 2. The molecule has 3 rings (SSSR count). The van der Waals surface area contributed by atoms with Crippen LogP contribution >= 0.6 is 0 Å². The fourth-order valence-electron chi connectivity index (χ4n) is 2.84. The van der Waals surface area contributed by atoms with E-state index in [1.54, 1.807) is 0 Å². The highest BCUT2D eigenvalue weighted by Gasteiger charge is 2.20. The first-order valence-corrected chi connectivity index (χ1v) is 7.35. The lowest BCUT2D eigenvalue weighted by Gasteiger charge is -2.35. The normalized spacial score (nSPS) is 21.9. The zero-order chi connectivity index (χ0) is 14.8. The van der Waals surface area contributed by atoms with Crippen molar-refractivity contribution in [2.75, 3.05) is 44.7 Å². The second-order valence-corrected chi connectivity index (χ2v) is 5.67. The van der Waals surface area contributed by atoms with E-state index in [2.05, 4.69) is 22.2 Å². The molecule has 0 unspecified atom stereocenters. The minimum atomic E-state index is -0.266. The van der Waals surface area contributed by atoms with Crippen molar-refractivity contribution >= 4 is 17.7 Å². The van der Waals surface area contributed by atoms with Gasteiger partial charge in [0.15, 0.2) is 0 Å². The number of amides is 1. The lowest BCUT2D eigenvalue weighted by Crippen LogP contribution is -2.44. The first-order valence-electron chi connectivity index (χ1n) is 7.35. The van der Waals surface area contributed by atoms with E-state index in [4.69, 9.17) is 0 Å². The van der Waals surface area contributed by atoms with Gasteiger partial charge >= 0.3 is 0 Å². The van der Waals surface area contributed by atoms with Crippen LogP contribution in [-0.4, -0.2) is 50.6 Å². The van der Waals surface area contributed by atoms with Gasteiger partial charge < -0.3 is 15.1 Å². The minimum absolute atomic E-state index is 0.0383. The molecule has 1 aromatic carbocycles. The predicted octanol–water partition coefficient (Wildman–Crippen LogP) is 1.48. The monoisotopic (exact) mass is 289 g/mol. The van der Waals surface area contributed by atoms with Crippen LogP contribution in [0.1, 0.15) is 12.0 Å². The van der Waals surface area contributed by atoms with Crippen molar-refractivity contribution in [2.24, 2.45) is 0 Å². The predicted molar refractivity (Wildman–Crippen MR) is 81.7 cm³/mol. The lowest BCUT2D eigenvalue weighted by atomic mass is 10.1. The largest absolute Gasteiger partial charge is 0.368 e. The first kappa shape index (κ1) is 14.1. The molecule has 21 heavy (non-hydrogen) atoms. The second kappa shape index (κ2) is 5.85. The average Bonchev–Trinajstić information content (AvgIpc) is 2.86. The molecule has 2 aliphatic heterocycles. The van der Waals surface area contributed by atoms with Crippen molar-refractivity contribution in [2.45, 2.75) is 6.42 Å². The lowest BCUT2D eigenvalue weighted by molar-refractivity contribution is -0.116. The van der Waals surface area contributed by atoms with Gasteiger partial charge in [-0.2, -0.15) is 0 Å². The van der Waals surface area contributed by atoms with E-state index in [9.17, 15) is 9.18 Å². The fourth-order valence-corrected chi connectivity index (χ4v) is 2.84. The Bertz CT molecular complexity index is 577. The number of nitrogens with one attached hydrogen (secondary N) is 1. The van der Waals surface area contributed by atoms with Gasteiger partial charge in [0.2, 0.25) is 5.91 Å². The Morgan fingerprint density at radius 1 is 1.24 bits per heavy atom. The van der Waals surface area contributed by atoms with Gasteiger partial charge in [0.1, 0.15) is 5.82 Å². The fraction of sp³-hybridized carbons (Fsp3) is 0.438. The summed E-state index contributed by atoms with van der Waals surface area (Å²) in [5, 5.41) is 2.79. The Labute approximate surface area is 124 Å². The molecule has 0 radical (unpaired) electrons. The van der Waals surface area contributed by atoms with Crippen molar-refractivity contribution in [1.29, 1.82) is 0 Å². The number of halogens is 1. The Kier molecular flexibility index (Phi) is 3.92. The number of benzene rings is 1. The highest BCUT2D eigenvalue weighted by molar-refractivity contribution is 6.00. The molecular formula is C16H20FN3O. The zero-order valence-corrected chi connectivity index (χ0v) is 12.2. The summed E-state index contributed by atoms with van der Waals surface area (Å²) < 4.78 is 13.6. The van der Waals surface area contributed by atoms with Crippen molar-refractivity contribution in [3.63, 3.8) is 0 Å². The third kappa shape index (κ3) is 3.08. The van der Waals surface area contributed by atoms with Gasteiger partial charge in [0.05, 0.1) is 0 Å². The molecule has 2 aliphatic rings. The van der Waals surface area contributed by atoms with Crippen LogP contribution in [0.4, 0.5) is 10.1 Å². The van der Waals surface area contributed by atoms with Gasteiger partial charge in [0, 0.05) is 49.5 Å². The molecule has 4 nitrogen and oxygen atoms in total. The smallest absolute Gasteiger partial charge is 0.247 e. The molecule has 0 aliphatic carbocycles. The van der Waals surface area contributed by atoms with E-state index < -0.39 is 0 Å². The maximum Gasteiger partial charge on any atom is 0.247 e. The van der Waals surface area contributed by atoms with E-state index >= 15 is 0 Å². The summed E-state index contributed by atoms with van der Waals surface area (Å²) in [5.41, 5.74) is 2.54. The maximum atomic E-state index is 13.6. The second-order valence-electron chi connectivity index (χ2n) is 5.67. The van der Waals surface area contributed by atoms with Gasteiger partial charge in [-0.25, -0.2) is 4.39 Å². The summed E-state index contributed by atoms with van der Waals surface area (Å²) in [4.78, 5) is 16.2. The Morgan fingerprint density at radius 2 is 2.00 bits per heavy atom. The van der Waals surface area contributed by atoms with Crippen LogP contribution < -0.4 is 10.2 Å². The Balaban J connectivity index is 1.92. The molecule has 2 saturated heterocycles. The molecule has 0 spiro atoms. The van der Waals surface area contributed by atoms with Crippen molar-refractivity contribution < 1.29 is 9.18 Å². The van der Waals surface area contributed by atoms with Crippen LogP contribution in [0.2, 0.25) is 0 Å². The maximum absolute atomic E-state index is 13.6. The molecule has 1 N–H and O–H groups in total. The van der Waals surface area contributed by atoms with Gasteiger partial charge in [0.25, 0.3) is 0 Å². The van der Waals surface area contributed by atoms with Crippen LogP contribution in [0.3, 0.4) is 0 Å². The molecule has 2 heterocycles. The number of piperazine rings is 1. The molecule has 2 fully saturated rings. The van der Waals surface area contributed by atoms with Crippen LogP contribution in [0.5, 0.6) is 0 Å². The quantitative estimate of drug-likeness (QED) is 0.838. The standard InChI is InChI=1S/C16H20FN3O/c1-19-6-8-20(9-7-19)15-3-2-14(17)11-13(15)10-12-4-5-18-16(12)21/h2-3,10-11H,4-9H2,1H3,(H,18,21). The Morgan fingerprint density at radius 3 is 2.67 bits per heavy atom. The summed E-state index contributed by atoms with van der Waals surface area (Å²) in [6.07, 6.45) is 2.54. The van der Waals surface area contributed by atoms with E-state index in [0.29, 0.717) is 13.0 Å². The van der Waals surface area contributed by atoms with E-state index in [1.807, 2.05) is 12.1 Å². The topological polar surface area (TPSA) is 35.6 Å². The summed E-state index contributed by atoms with van der Waals surface area (Å²) in [6.45, 7) is 4.50. The van der Waals surface area contributed by atoms with Crippen LogP contribution in [0.25, 0.3) is 6.08 Å². The average molecular weight is 289 g/mol.